The molecule has 3 aromatic rings. The summed E-state index contributed by atoms with van der Waals surface area (Å²) < 4.78 is 51.8. The van der Waals surface area contributed by atoms with E-state index in [1.54, 1.807) is 38.5 Å². The zero-order valence-electron chi connectivity index (χ0n) is 21.3. The Morgan fingerprint density at radius 3 is 2.27 bits per heavy atom. The molecule has 196 valence electrons. The fourth-order valence-corrected chi connectivity index (χ4v) is 6.51. The van der Waals surface area contributed by atoms with Crippen LogP contribution in [-0.2, 0) is 34.1 Å². The Morgan fingerprint density at radius 2 is 1.65 bits per heavy atom. The number of rotatable bonds is 10. The Balaban J connectivity index is 1.36. The fourth-order valence-electron chi connectivity index (χ4n) is 5.05. The van der Waals surface area contributed by atoms with Crippen molar-refractivity contribution in [3.8, 4) is 17.2 Å². The molecule has 5 rings (SSSR count). The van der Waals surface area contributed by atoms with Gasteiger partial charge in [-0.1, -0.05) is 30.3 Å². The van der Waals surface area contributed by atoms with E-state index in [1.165, 1.54) is 15.4 Å². The summed E-state index contributed by atoms with van der Waals surface area (Å²) in [5.41, 5.74) is 3.45. The lowest BCUT2D eigenvalue weighted by Crippen LogP contribution is -2.37. The lowest BCUT2D eigenvalue weighted by molar-refractivity contribution is 0.0925. The van der Waals surface area contributed by atoms with Crippen LogP contribution >= 0.6 is 0 Å². The Labute approximate surface area is 219 Å². The van der Waals surface area contributed by atoms with Crippen molar-refractivity contribution in [2.45, 2.75) is 49.3 Å². The molecule has 2 aliphatic rings. The van der Waals surface area contributed by atoms with Crippen LogP contribution in [0.15, 0.2) is 71.6 Å². The lowest BCUT2D eigenvalue weighted by atomic mass is 10.1. The highest BCUT2D eigenvalue weighted by atomic mass is 32.2. The highest BCUT2D eigenvalue weighted by Crippen LogP contribution is 2.33. The highest BCUT2D eigenvalue weighted by molar-refractivity contribution is 7.89. The molecule has 1 unspecified atom stereocenters. The van der Waals surface area contributed by atoms with E-state index >= 15 is 0 Å². The summed E-state index contributed by atoms with van der Waals surface area (Å²) >= 11 is 0. The summed E-state index contributed by atoms with van der Waals surface area (Å²) in [5, 5.41) is 0. The summed E-state index contributed by atoms with van der Waals surface area (Å²) in [6.07, 6.45) is 3.41. The number of benzene rings is 3. The topological polar surface area (TPSA) is 74.3 Å². The average molecular weight is 524 g/mol. The van der Waals surface area contributed by atoms with E-state index in [4.69, 9.17) is 18.9 Å². The minimum atomic E-state index is -3.76. The van der Waals surface area contributed by atoms with Gasteiger partial charge < -0.3 is 18.9 Å². The van der Waals surface area contributed by atoms with Crippen LogP contribution in [0.4, 0.5) is 0 Å². The maximum Gasteiger partial charge on any atom is 0.243 e. The average Bonchev–Trinajstić information content (AvgIpc) is 3.58. The maximum atomic E-state index is 13.7. The van der Waals surface area contributed by atoms with Gasteiger partial charge in [0.25, 0.3) is 0 Å². The van der Waals surface area contributed by atoms with Gasteiger partial charge in [0.2, 0.25) is 10.0 Å². The van der Waals surface area contributed by atoms with Gasteiger partial charge in [-0.3, -0.25) is 0 Å². The van der Waals surface area contributed by atoms with Gasteiger partial charge in [0.05, 0.1) is 25.2 Å². The number of hydrogen-bond donors (Lipinski definition) is 0. The molecule has 0 spiro atoms. The van der Waals surface area contributed by atoms with Crippen LogP contribution in [0.5, 0.6) is 17.2 Å². The summed E-state index contributed by atoms with van der Waals surface area (Å²) in [5.74, 6) is 1.86. The summed E-state index contributed by atoms with van der Waals surface area (Å²) in [4.78, 5) is 0.221. The molecule has 1 atom stereocenters. The van der Waals surface area contributed by atoms with Crippen molar-refractivity contribution in [1.29, 1.82) is 0 Å². The first-order valence-corrected chi connectivity index (χ1v) is 14.1. The largest absolute Gasteiger partial charge is 0.497 e. The van der Waals surface area contributed by atoms with Crippen molar-refractivity contribution < 1.29 is 27.4 Å². The Hall–Kier alpha value is -3.07. The normalized spacial score (nSPS) is 17.6. The van der Waals surface area contributed by atoms with Crippen LogP contribution in [-0.4, -0.2) is 52.3 Å². The molecule has 0 amide bonds. The second kappa shape index (κ2) is 11.1. The number of nitrogens with zero attached hydrogens (tertiary/aromatic N) is 1. The van der Waals surface area contributed by atoms with Gasteiger partial charge in [0, 0.05) is 32.5 Å². The molecule has 1 aliphatic carbocycles. The molecule has 1 fully saturated rings. The van der Waals surface area contributed by atoms with Gasteiger partial charge in [-0.15, -0.1) is 0 Å². The van der Waals surface area contributed by atoms with E-state index in [0.29, 0.717) is 23.9 Å². The molecule has 1 heterocycles. The second-order valence-electron chi connectivity index (χ2n) is 9.51. The third-order valence-corrected chi connectivity index (χ3v) is 8.85. The lowest BCUT2D eigenvalue weighted by Gasteiger charge is -2.25. The zero-order chi connectivity index (χ0) is 25.8. The first-order valence-electron chi connectivity index (χ1n) is 12.6. The number of hydrogen-bond acceptors (Lipinski definition) is 6. The van der Waals surface area contributed by atoms with Crippen LogP contribution < -0.4 is 14.2 Å². The Morgan fingerprint density at radius 1 is 0.919 bits per heavy atom. The van der Waals surface area contributed by atoms with Crippen molar-refractivity contribution in [2.75, 3.05) is 27.4 Å². The van der Waals surface area contributed by atoms with Crippen LogP contribution in [0.2, 0.25) is 0 Å². The number of methoxy groups -OCH3 is 2. The van der Waals surface area contributed by atoms with Crippen molar-refractivity contribution in [3.63, 3.8) is 0 Å². The summed E-state index contributed by atoms with van der Waals surface area (Å²) in [7, 11) is -0.605. The molecule has 1 saturated heterocycles. The van der Waals surface area contributed by atoms with Gasteiger partial charge in [-0.25, -0.2) is 8.42 Å². The molecule has 3 aromatic carbocycles. The minimum Gasteiger partial charge on any atom is -0.497 e. The van der Waals surface area contributed by atoms with Crippen LogP contribution in [0.3, 0.4) is 0 Å². The van der Waals surface area contributed by atoms with Gasteiger partial charge in [-0.2, -0.15) is 4.31 Å². The molecule has 7 nitrogen and oxygen atoms in total. The highest BCUT2D eigenvalue weighted by Gasteiger charge is 2.30. The molecule has 8 heteroatoms. The van der Waals surface area contributed by atoms with Crippen molar-refractivity contribution in [3.05, 3.63) is 83.4 Å². The van der Waals surface area contributed by atoms with E-state index in [2.05, 4.69) is 24.3 Å². The van der Waals surface area contributed by atoms with Gasteiger partial charge in [0.1, 0.15) is 11.9 Å². The van der Waals surface area contributed by atoms with Gasteiger partial charge >= 0.3 is 0 Å². The molecule has 0 N–H and O–H groups in total. The predicted molar refractivity (Wildman–Crippen MR) is 141 cm³/mol. The SMILES string of the molecule is COc1ccc(S(=O)(=O)N(Cc2ccc(OC3Cc4ccccc4C3)c(OC)c2)CC2CCCO2)cc1. The predicted octanol–water partition coefficient (Wildman–Crippen LogP) is 4.62. The van der Waals surface area contributed by atoms with Crippen LogP contribution in [0.1, 0.15) is 29.5 Å². The van der Waals surface area contributed by atoms with E-state index in [9.17, 15) is 8.42 Å². The quantitative estimate of drug-likeness (QED) is 0.386. The standard InChI is InChI=1S/C29H33NO6S/c1-33-24-10-12-27(13-11-24)37(31,32)30(20-25-8-5-15-35-25)19-21-9-14-28(29(16-21)34-2)36-26-17-22-6-3-4-7-23(22)18-26/h3-4,6-7,9-14,16,25-26H,5,8,15,17-20H2,1-2H3. The van der Waals surface area contributed by atoms with Gasteiger partial charge in [-0.05, 0) is 65.9 Å². The summed E-state index contributed by atoms with van der Waals surface area (Å²) in [6.45, 7) is 1.14. The number of fused-ring (bicyclic) bond motifs is 1. The molecule has 0 radical (unpaired) electrons. The van der Waals surface area contributed by atoms with Crippen LogP contribution in [0, 0.1) is 0 Å². The molecular weight excluding hydrogens is 490 g/mol. The molecule has 0 aromatic heterocycles. The summed E-state index contributed by atoms with van der Waals surface area (Å²) in [6, 6.07) is 20.5. The van der Waals surface area contributed by atoms with Gasteiger partial charge in [0.15, 0.2) is 11.5 Å². The number of ether oxygens (including phenoxy) is 4. The first kappa shape index (κ1) is 25.6. The van der Waals surface area contributed by atoms with E-state index in [1.807, 2.05) is 18.2 Å². The minimum absolute atomic E-state index is 0.0450. The Kier molecular flexibility index (Phi) is 7.69. The van der Waals surface area contributed by atoms with E-state index in [0.717, 1.165) is 31.2 Å². The molecule has 0 saturated carbocycles. The molecule has 0 bridgehead atoms. The van der Waals surface area contributed by atoms with E-state index < -0.39 is 10.0 Å². The van der Waals surface area contributed by atoms with Crippen molar-refractivity contribution in [1.82, 2.24) is 4.31 Å². The second-order valence-corrected chi connectivity index (χ2v) is 11.4. The van der Waals surface area contributed by atoms with Crippen molar-refractivity contribution in [2.24, 2.45) is 0 Å². The third kappa shape index (κ3) is 5.76. The molecule has 37 heavy (non-hydrogen) atoms. The fraction of sp³-hybridized carbons (Fsp3) is 0.379. The monoisotopic (exact) mass is 523 g/mol. The van der Waals surface area contributed by atoms with E-state index in [-0.39, 0.29) is 30.2 Å². The molecular formula is C29H33NO6S. The molecule has 1 aliphatic heterocycles. The Bertz CT molecular complexity index is 1290. The smallest absolute Gasteiger partial charge is 0.243 e. The third-order valence-electron chi connectivity index (χ3n) is 7.02. The number of sulfonamides is 1. The zero-order valence-corrected chi connectivity index (χ0v) is 22.1. The first-order chi connectivity index (χ1) is 18.0. The maximum absolute atomic E-state index is 13.7. The van der Waals surface area contributed by atoms with Crippen LogP contribution in [0.25, 0.3) is 0 Å². The van der Waals surface area contributed by atoms with Crippen molar-refractivity contribution >= 4 is 10.0 Å².